The monoisotopic (exact) mass is 289 g/mol. The molecule has 21 heavy (non-hydrogen) atoms. The van der Waals surface area contributed by atoms with E-state index in [9.17, 15) is 14.7 Å². The van der Waals surface area contributed by atoms with Gasteiger partial charge in [-0.05, 0) is 37.3 Å². The third kappa shape index (κ3) is 3.85. The summed E-state index contributed by atoms with van der Waals surface area (Å²) >= 11 is 0. The number of rotatable bonds is 5. The number of nitrogens with one attached hydrogen (secondary N) is 1. The van der Waals surface area contributed by atoms with E-state index in [1.807, 2.05) is 13.0 Å². The molecule has 0 fully saturated rings. The number of furan rings is 1. The van der Waals surface area contributed by atoms with Crippen molar-refractivity contribution < 1.29 is 24.2 Å². The Morgan fingerprint density at radius 3 is 2.62 bits per heavy atom. The Morgan fingerprint density at radius 1 is 1.24 bits per heavy atom. The molecule has 0 spiro atoms. The number of hydrogen-bond acceptors (Lipinski definition) is 4. The van der Waals surface area contributed by atoms with Gasteiger partial charge >= 0.3 is 5.97 Å². The molecule has 1 aromatic heterocycles. The number of phenols is 1. The maximum Gasteiger partial charge on any atom is 0.337 e. The Kier molecular flexibility index (Phi) is 4.27. The van der Waals surface area contributed by atoms with Crippen LogP contribution >= 0.6 is 0 Å². The SMILES string of the molecule is Cc1ccc(CCC(=O)Nc2ccc(O)cc2C(=O)O)o1. The van der Waals surface area contributed by atoms with Gasteiger partial charge in [0.1, 0.15) is 17.3 Å². The highest BCUT2D eigenvalue weighted by molar-refractivity contribution is 6.00. The predicted molar refractivity (Wildman–Crippen MR) is 75.5 cm³/mol. The third-order valence-corrected chi connectivity index (χ3v) is 2.90. The first-order valence-corrected chi connectivity index (χ1v) is 6.37. The number of benzene rings is 1. The van der Waals surface area contributed by atoms with E-state index in [0.717, 1.165) is 11.8 Å². The molecule has 0 saturated heterocycles. The van der Waals surface area contributed by atoms with Crippen LogP contribution in [0.15, 0.2) is 34.7 Å². The lowest BCUT2D eigenvalue weighted by molar-refractivity contribution is -0.116. The molecule has 6 nitrogen and oxygen atoms in total. The first-order chi connectivity index (χ1) is 9.95. The minimum atomic E-state index is -1.22. The summed E-state index contributed by atoms with van der Waals surface area (Å²) in [5.41, 5.74) is -0.00174. The van der Waals surface area contributed by atoms with Crippen LogP contribution in [0.4, 0.5) is 5.69 Å². The lowest BCUT2D eigenvalue weighted by Crippen LogP contribution is -2.15. The Morgan fingerprint density at radius 2 is 2.00 bits per heavy atom. The van der Waals surface area contributed by atoms with Crippen LogP contribution in [0.1, 0.15) is 28.3 Å². The molecule has 0 aliphatic carbocycles. The molecule has 2 rings (SSSR count). The number of aromatic hydroxyl groups is 1. The quantitative estimate of drug-likeness (QED) is 0.734. The van der Waals surface area contributed by atoms with Gasteiger partial charge in [-0.2, -0.15) is 0 Å². The number of amides is 1. The Labute approximate surface area is 121 Å². The lowest BCUT2D eigenvalue weighted by atomic mass is 10.1. The van der Waals surface area contributed by atoms with Crippen molar-refractivity contribution in [3.8, 4) is 5.75 Å². The maximum atomic E-state index is 11.8. The number of phenolic OH excluding ortho intramolecular Hbond substituents is 1. The second-order valence-corrected chi connectivity index (χ2v) is 4.60. The molecular weight excluding hydrogens is 274 g/mol. The summed E-state index contributed by atoms with van der Waals surface area (Å²) in [6, 6.07) is 7.38. The summed E-state index contributed by atoms with van der Waals surface area (Å²) in [7, 11) is 0. The first-order valence-electron chi connectivity index (χ1n) is 6.37. The highest BCUT2D eigenvalue weighted by Gasteiger charge is 2.13. The van der Waals surface area contributed by atoms with E-state index in [1.54, 1.807) is 6.07 Å². The van der Waals surface area contributed by atoms with Gasteiger partial charge in [0, 0.05) is 12.8 Å². The van der Waals surface area contributed by atoms with Gasteiger partial charge in [-0.25, -0.2) is 4.79 Å². The third-order valence-electron chi connectivity index (χ3n) is 2.90. The maximum absolute atomic E-state index is 11.8. The van der Waals surface area contributed by atoms with Crippen molar-refractivity contribution >= 4 is 17.6 Å². The Balaban J connectivity index is 2.01. The number of anilines is 1. The summed E-state index contributed by atoms with van der Waals surface area (Å²) < 4.78 is 5.35. The van der Waals surface area contributed by atoms with Gasteiger partial charge in [-0.15, -0.1) is 0 Å². The predicted octanol–water partition coefficient (Wildman–Crippen LogP) is 2.56. The molecule has 0 atom stereocenters. The summed E-state index contributed by atoms with van der Waals surface area (Å²) in [4.78, 5) is 22.9. The summed E-state index contributed by atoms with van der Waals surface area (Å²) in [5, 5.41) is 20.8. The minimum Gasteiger partial charge on any atom is -0.508 e. The molecule has 110 valence electrons. The van der Waals surface area contributed by atoms with Crippen LogP contribution in [0, 0.1) is 6.92 Å². The molecule has 6 heteroatoms. The molecule has 0 saturated carbocycles. The molecule has 0 bridgehead atoms. The zero-order valence-electron chi connectivity index (χ0n) is 11.4. The van der Waals surface area contributed by atoms with Crippen LogP contribution in [-0.4, -0.2) is 22.1 Å². The summed E-state index contributed by atoms with van der Waals surface area (Å²) in [6.45, 7) is 1.82. The van der Waals surface area contributed by atoms with Crippen LogP contribution in [-0.2, 0) is 11.2 Å². The van der Waals surface area contributed by atoms with Gasteiger partial charge in [0.15, 0.2) is 0 Å². The summed E-state index contributed by atoms with van der Waals surface area (Å²) in [5.74, 6) is -0.236. The Bertz CT molecular complexity index is 674. The molecule has 0 radical (unpaired) electrons. The fourth-order valence-corrected chi connectivity index (χ4v) is 1.89. The van der Waals surface area contributed by atoms with Crippen molar-refractivity contribution in [3.05, 3.63) is 47.4 Å². The van der Waals surface area contributed by atoms with Gasteiger partial charge in [-0.1, -0.05) is 0 Å². The molecule has 0 aliphatic heterocycles. The van der Waals surface area contributed by atoms with Crippen molar-refractivity contribution in [2.24, 2.45) is 0 Å². The van der Waals surface area contributed by atoms with Crippen molar-refractivity contribution in [3.63, 3.8) is 0 Å². The molecule has 2 aromatic rings. The van der Waals surface area contributed by atoms with E-state index < -0.39 is 5.97 Å². The fraction of sp³-hybridized carbons (Fsp3) is 0.200. The number of carboxylic acid groups (broad SMARTS) is 1. The van der Waals surface area contributed by atoms with Crippen LogP contribution in [0.2, 0.25) is 0 Å². The van der Waals surface area contributed by atoms with E-state index in [2.05, 4.69) is 5.32 Å². The highest BCUT2D eigenvalue weighted by atomic mass is 16.4. The average molecular weight is 289 g/mol. The van der Waals surface area contributed by atoms with E-state index in [-0.39, 0.29) is 29.3 Å². The molecule has 0 unspecified atom stereocenters. The molecular formula is C15H15NO5. The number of carbonyl (C=O) groups excluding carboxylic acids is 1. The number of carboxylic acids is 1. The van der Waals surface area contributed by atoms with Gasteiger partial charge in [0.05, 0.1) is 11.3 Å². The normalized spacial score (nSPS) is 10.3. The smallest absolute Gasteiger partial charge is 0.337 e. The average Bonchev–Trinajstić information content (AvgIpc) is 2.84. The van der Waals surface area contributed by atoms with Crippen molar-refractivity contribution in [1.82, 2.24) is 0 Å². The fourth-order valence-electron chi connectivity index (χ4n) is 1.89. The zero-order chi connectivity index (χ0) is 15.4. The number of carbonyl (C=O) groups is 2. The molecule has 1 heterocycles. The van der Waals surface area contributed by atoms with Crippen LogP contribution in [0.3, 0.4) is 0 Å². The zero-order valence-corrected chi connectivity index (χ0v) is 11.4. The Hall–Kier alpha value is -2.76. The van der Waals surface area contributed by atoms with Crippen LogP contribution in [0.25, 0.3) is 0 Å². The largest absolute Gasteiger partial charge is 0.508 e. The number of hydrogen-bond donors (Lipinski definition) is 3. The van der Waals surface area contributed by atoms with E-state index in [4.69, 9.17) is 9.52 Å². The number of aryl methyl sites for hydroxylation is 2. The van der Waals surface area contributed by atoms with Crippen molar-refractivity contribution in [2.75, 3.05) is 5.32 Å². The van der Waals surface area contributed by atoms with Crippen molar-refractivity contribution in [2.45, 2.75) is 19.8 Å². The molecule has 1 aromatic carbocycles. The minimum absolute atomic E-state index is 0.154. The van der Waals surface area contributed by atoms with Gasteiger partial charge in [-0.3, -0.25) is 4.79 Å². The second kappa shape index (κ2) is 6.13. The first kappa shape index (κ1) is 14.6. The van der Waals surface area contributed by atoms with Crippen LogP contribution < -0.4 is 5.32 Å². The van der Waals surface area contributed by atoms with Gasteiger partial charge in [0.25, 0.3) is 0 Å². The van der Waals surface area contributed by atoms with Crippen molar-refractivity contribution in [1.29, 1.82) is 0 Å². The van der Waals surface area contributed by atoms with E-state index in [1.165, 1.54) is 12.1 Å². The molecule has 3 N–H and O–H groups in total. The topological polar surface area (TPSA) is 99.8 Å². The van der Waals surface area contributed by atoms with Gasteiger partial charge < -0.3 is 19.9 Å². The highest BCUT2D eigenvalue weighted by Crippen LogP contribution is 2.21. The lowest BCUT2D eigenvalue weighted by Gasteiger charge is -2.08. The number of aromatic carboxylic acids is 1. The van der Waals surface area contributed by atoms with E-state index >= 15 is 0 Å². The van der Waals surface area contributed by atoms with Gasteiger partial charge in [0.2, 0.25) is 5.91 Å². The molecule has 0 aliphatic rings. The summed E-state index contributed by atoms with van der Waals surface area (Å²) in [6.07, 6.45) is 0.604. The molecule has 1 amide bonds. The van der Waals surface area contributed by atoms with E-state index in [0.29, 0.717) is 12.2 Å². The standard InChI is InChI=1S/C15H15NO5/c1-9-2-4-11(21-9)5-7-14(18)16-13-6-3-10(17)8-12(13)15(19)20/h2-4,6,8,17H,5,7H2,1H3,(H,16,18)(H,19,20). The second-order valence-electron chi connectivity index (χ2n) is 4.60. The van der Waals surface area contributed by atoms with Crippen LogP contribution in [0.5, 0.6) is 5.75 Å².